The summed E-state index contributed by atoms with van der Waals surface area (Å²) in [5, 5.41) is 3.23. The maximum Gasteiger partial charge on any atom is 0.281 e. The number of aryl methyl sites for hydroxylation is 1. The van der Waals surface area contributed by atoms with E-state index in [9.17, 15) is 9.59 Å². The van der Waals surface area contributed by atoms with E-state index < -0.39 is 0 Å². The van der Waals surface area contributed by atoms with Gasteiger partial charge in [-0.1, -0.05) is 36.0 Å². The van der Waals surface area contributed by atoms with Gasteiger partial charge < -0.3 is 10.2 Å². The van der Waals surface area contributed by atoms with Crippen molar-refractivity contribution in [1.29, 1.82) is 0 Å². The maximum atomic E-state index is 12.1. The Bertz CT molecular complexity index is 547. The molecule has 5 heteroatoms. The predicted octanol–water partition coefficient (Wildman–Crippen LogP) is 2.74. The number of fused-ring (bicyclic) bond motifs is 1. The van der Waals surface area contributed by atoms with Crippen LogP contribution in [0.4, 0.5) is 4.79 Å². The summed E-state index contributed by atoms with van der Waals surface area (Å²) in [6, 6.07) is 8.47. The first-order valence-corrected chi connectivity index (χ1v) is 8.51. The molecule has 1 heterocycles. The third-order valence-corrected chi connectivity index (χ3v) is 5.05. The molecule has 0 unspecified atom stereocenters. The van der Waals surface area contributed by atoms with E-state index in [2.05, 4.69) is 23.5 Å². The largest absolute Gasteiger partial charge is 0.349 e. The van der Waals surface area contributed by atoms with Crippen LogP contribution in [0.3, 0.4) is 0 Å². The number of nitrogens with zero attached hydrogens (tertiary/aromatic N) is 1. The quantitative estimate of drug-likeness (QED) is 0.930. The van der Waals surface area contributed by atoms with Crippen molar-refractivity contribution in [3.05, 3.63) is 35.4 Å². The van der Waals surface area contributed by atoms with E-state index in [0.717, 1.165) is 31.6 Å². The topological polar surface area (TPSA) is 49.4 Å². The van der Waals surface area contributed by atoms with Crippen molar-refractivity contribution >= 4 is 22.9 Å². The van der Waals surface area contributed by atoms with Crippen molar-refractivity contribution in [1.82, 2.24) is 10.2 Å². The zero-order chi connectivity index (χ0) is 14.7. The van der Waals surface area contributed by atoms with Gasteiger partial charge in [0.25, 0.3) is 5.24 Å². The minimum atomic E-state index is 0.0430. The van der Waals surface area contributed by atoms with Gasteiger partial charge in [-0.15, -0.1) is 0 Å². The fourth-order valence-electron chi connectivity index (χ4n) is 3.04. The van der Waals surface area contributed by atoms with E-state index in [0.29, 0.717) is 13.0 Å². The minimum absolute atomic E-state index is 0.0430. The van der Waals surface area contributed by atoms with Crippen molar-refractivity contribution in [3.8, 4) is 0 Å². The number of amides is 2. The van der Waals surface area contributed by atoms with Crippen LogP contribution in [0, 0.1) is 0 Å². The van der Waals surface area contributed by atoms with Crippen LogP contribution in [0.25, 0.3) is 0 Å². The van der Waals surface area contributed by atoms with Crippen LogP contribution in [0.5, 0.6) is 0 Å². The van der Waals surface area contributed by atoms with Crippen molar-refractivity contribution in [3.63, 3.8) is 0 Å². The number of nitrogens with one attached hydrogen (secondary N) is 1. The molecule has 21 heavy (non-hydrogen) atoms. The van der Waals surface area contributed by atoms with E-state index >= 15 is 0 Å². The number of thioether (sulfide) groups is 1. The second-order valence-corrected chi connectivity index (χ2v) is 6.61. The van der Waals surface area contributed by atoms with E-state index in [1.54, 1.807) is 4.90 Å². The molecule has 1 fully saturated rings. The third kappa shape index (κ3) is 3.40. The van der Waals surface area contributed by atoms with E-state index in [1.807, 2.05) is 6.07 Å². The lowest BCUT2D eigenvalue weighted by Crippen LogP contribution is -2.34. The molecule has 4 nitrogen and oxygen atoms in total. The summed E-state index contributed by atoms with van der Waals surface area (Å²) in [6.45, 7) is 1.30. The van der Waals surface area contributed by atoms with Crippen molar-refractivity contribution in [2.45, 2.75) is 31.7 Å². The number of rotatable bonds is 4. The molecule has 2 amide bonds. The third-order valence-electron chi connectivity index (χ3n) is 4.16. The number of carbonyl (C=O) groups excluding carboxylic acids is 2. The van der Waals surface area contributed by atoms with Gasteiger partial charge in [-0.3, -0.25) is 9.59 Å². The summed E-state index contributed by atoms with van der Waals surface area (Å²) >= 11 is 1.34. The molecule has 0 radical (unpaired) electrons. The Hall–Kier alpha value is -1.49. The van der Waals surface area contributed by atoms with E-state index in [4.69, 9.17) is 0 Å². The molecule has 112 valence electrons. The number of hydrogen-bond donors (Lipinski definition) is 1. The normalized spacial score (nSPS) is 21.2. The van der Waals surface area contributed by atoms with Gasteiger partial charge in [0.1, 0.15) is 0 Å². The number of carbonyl (C=O) groups is 2. The summed E-state index contributed by atoms with van der Waals surface area (Å²) in [5.41, 5.74) is 2.60. The lowest BCUT2D eigenvalue weighted by Gasteiger charge is -2.26. The van der Waals surface area contributed by atoms with Gasteiger partial charge in [-0.2, -0.15) is 0 Å². The summed E-state index contributed by atoms with van der Waals surface area (Å²) in [6.07, 6.45) is 3.61. The Balaban J connectivity index is 1.55. The van der Waals surface area contributed by atoms with Crippen LogP contribution >= 0.6 is 11.8 Å². The fourth-order valence-corrected chi connectivity index (χ4v) is 3.89. The van der Waals surface area contributed by atoms with Gasteiger partial charge in [0.15, 0.2) is 0 Å². The highest BCUT2D eigenvalue weighted by atomic mass is 32.2. The number of benzene rings is 1. The average Bonchev–Trinajstić information content (AvgIpc) is 2.91. The molecule has 1 aromatic carbocycles. The van der Waals surface area contributed by atoms with Crippen molar-refractivity contribution in [2.75, 3.05) is 18.8 Å². The molecule has 1 N–H and O–H groups in total. The zero-order valence-electron chi connectivity index (χ0n) is 12.0. The second kappa shape index (κ2) is 6.52. The molecule has 1 aliphatic heterocycles. The van der Waals surface area contributed by atoms with Crippen LogP contribution in [0.1, 0.15) is 36.4 Å². The Morgan fingerprint density at radius 2 is 2.24 bits per heavy atom. The Kier molecular flexibility index (Phi) is 4.48. The molecular formula is C16H20N2O2S. The van der Waals surface area contributed by atoms with Gasteiger partial charge in [0.2, 0.25) is 5.91 Å². The number of hydrogen-bond acceptors (Lipinski definition) is 3. The molecule has 0 saturated carbocycles. The molecule has 0 spiro atoms. The summed E-state index contributed by atoms with van der Waals surface area (Å²) < 4.78 is 0. The highest BCUT2D eigenvalue weighted by molar-refractivity contribution is 8.13. The second-order valence-electron chi connectivity index (χ2n) is 5.56. The lowest BCUT2D eigenvalue weighted by molar-refractivity contribution is -0.122. The van der Waals surface area contributed by atoms with Crippen molar-refractivity contribution < 1.29 is 9.59 Å². The summed E-state index contributed by atoms with van der Waals surface area (Å²) in [5.74, 6) is 0.887. The van der Waals surface area contributed by atoms with E-state index in [-0.39, 0.29) is 17.2 Å². The zero-order valence-corrected chi connectivity index (χ0v) is 12.8. The van der Waals surface area contributed by atoms with E-state index in [1.165, 1.54) is 22.9 Å². The fraction of sp³-hybridized carbons (Fsp3) is 0.500. The van der Waals surface area contributed by atoms with Crippen LogP contribution in [-0.4, -0.2) is 34.9 Å². The van der Waals surface area contributed by atoms with Gasteiger partial charge in [-0.05, 0) is 30.4 Å². The molecule has 1 saturated heterocycles. The highest BCUT2D eigenvalue weighted by Crippen LogP contribution is 2.29. The standard InChI is InChI=1S/C16H20N2O2S/c19-15(8-9-18-10-11-21-16(18)20)17-14-7-3-5-12-4-1-2-6-13(12)14/h1-2,4,6,14H,3,5,7-11H2,(H,17,19)/t14-/m0/s1. The molecule has 2 aliphatic rings. The van der Waals surface area contributed by atoms with Crippen LogP contribution in [-0.2, 0) is 11.2 Å². The highest BCUT2D eigenvalue weighted by Gasteiger charge is 2.24. The molecular weight excluding hydrogens is 284 g/mol. The Morgan fingerprint density at radius 1 is 1.38 bits per heavy atom. The van der Waals surface area contributed by atoms with Crippen LogP contribution in [0.2, 0.25) is 0 Å². The van der Waals surface area contributed by atoms with Gasteiger partial charge in [-0.25, -0.2) is 0 Å². The van der Waals surface area contributed by atoms with Gasteiger partial charge in [0, 0.05) is 25.3 Å². The van der Waals surface area contributed by atoms with Crippen LogP contribution in [0.15, 0.2) is 24.3 Å². The minimum Gasteiger partial charge on any atom is -0.349 e. The summed E-state index contributed by atoms with van der Waals surface area (Å²) in [7, 11) is 0. The SMILES string of the molecule is O=C(CCN1CCSC1=O)N[C@H]1CCCc2ccccc21. The smallest absolute Gasteiger partial charge is 0.281 e. The van der Waals surface area contributed by atoms with Gasteiger partial charge in [0.05, 0.1) is 6.04 Å². The van der Waals surface area contributed by atoms with Gasteiger partial charge >= 0.3 is 0 Å². The molecule has 1 aromatic rings. The first-order valence-electron chi connectivity index (χ1n) is 7.53. The molecule has 3 rings (SSSR count). The summed E-state index contributed by atoms with van der Waals surface area (Å²) in [4.78, 5) is 25.4. The molecule has 0 aromatic heterocycles. The van der Waals surface area contributed by atoms with Crippen LogP contribution < -0.4 is 5.32 Å². The first kappa shape index (κ1) is 14.4. The van der Waals surface area contributed by atoms with Crippen molar-refractivity contribution in [2.24, 2.45) is 0 Å². The lowest BCUT2D eigenvalue weighted by atomic mass is 9.87. The molecule has 0 bridgehead atoms. The molecule has 1 atom stereocenters. The Morgan fingerprint density at radius 3 is 3.05 bits per heavy atom. The molecule has 1 aliphatic carbocycles. The average molecular weight is 304 g/mol. The maximum absolute atomic E-state index is 12.1. The first-order chi connectivity index (χ1) is 10.2. The monoisotopic (exact) mass is 304 g/mol. The predicted molar refractivity (Wildman–Crippen MR) is 84.3 cm³/mol. The Labute approximate surface area is 129 Å².